The largest absolute Gasteiger partial charge is 0.388 e. The van der Waals surface area contributed by atoms with Gasteiger partial charge in [0, 0.05) is 12.4 Å². The van der Waals surface area contributed by atoms with Crippen LogP contribution in [-0.4, -0.2) is 33.3 Å². The fourth-order valence-corrected chi connectivity index (χ4v) is 2.53. The summed E-state index contributed by atoms with van der Waals surface area (Å²) in [6.45, 7) is 2.45. The van der Waals surface area contributed by atoms with Crippen molar-refractivity contribution in [1.82, 2.24) is 14.9 Å². The van der Waals surface area contributed by atoms with Gasteiger partial charge in [0.2, 0.25) is 0 Å². The number of aliphatic hydroxyl groups is 1. The molecule has 0 amide bonds. The summed E-state index contributed by atoms with van der Waals surface area (Å²) in [5.41, 5.74) is 1.51. The molecule has 1 saturated heterocycles. The van der Waals surface area contributed by atoms with E-state index >= 15 is 0 Å². The van der Waals surface area contributed by atoms with Crippen LogP contribution in [0.5, 0.6) is 0 Å². The number of piperidine rings is 1. The van der Waals surface area contributed by atoms with Crippen molar-refractivity contribution < 1.29 is 5.11 Å². The highest BCUT2D eigenvalue weighted by molar-refractivity contribution is 5.75. The Morgan fingerprint density at radius 1 is 1.35 bits per heavy atom. The fourth-order valence-electron chi connectivity index (χ4n) is 2.53. The van der Waals surface area contributed by atoms with Gasteiger partial charge in [0.15, 0.2) is 0 Å². The van der Waals surface area contributed by atoms with E-state index < -0.39 is 5.60 Å². The number of pyridine rings is 1. The second kappa shape index (κ2) is 4.13. The third-order valence-electron chi connectivity index (χ3n) is 3.54. The number of hydrogen-bond acceptors (Lipinski definition) is 3. The maximum Gasteiger partial charge on any atom is 0.0880 e. The Labute approximate surface area is 100 Å². The standard InChI is InChI=1S/C13H17N3O/c17-13(4-7-14-8-5-13)10-16-9-3-11-12(16)2-1-6-15-11/h1-3,6,9,14,17H,4-5,7-8,10H2. The zero-order valence-corrected chi connectivity index (χ0v) is 9.76. The zero-order chi connectivity index (χ0) is 11.7. The minimum Gasteiger partial charge on any atom is -0.388 e. The second-order valence-electron chi connectivity index (χ2n) is 4.83. The molecule has 1 aliphatic rings. The molecule has 1 aliphatic heterocycles. The first kappa shape index (κ1) is 10.7. The van der Waals surface area contributed by atoms with Crippen LogP contribution in [-0.2, 0) is 6.54 Å². The fraction of sp³-hybridized carbons (Fsp3) is 0.462. The smallest absolute Gasteiger partial charge is 0.0880 e. The summed E-state index contributed by atoms with van der Waals surface area (Å²) in [6, 6.07) is 5.98. The Kier molecular flexibility index (Phi) is 2.61. The van der Waals surface area contributed by atoms with E-state index in [9.17, 15) is 5.11 Å². The topological polar surface area (TPSA) is 50.1 Å². The molecular weight excluding hydrogens is 214 g/mol. The van der Waals surface area contributed by atoms with Gasteiger partial charge in [0.25, 0.3) is 0 Å². The lowest BCUT2D eigenvalue weighted by Gasteiger charge is -2.33. The Bertz CT molecular complexity index is 514. The molecule has 0 radical (unpaired) electrons. The molecule has 0 spiro atoms. The lowest BCUT2D eigenvalue weighted by Crippen LogP contribution is -2.44. The lowest BCUT2D eigenvalue weighted by atomic mass is 9.92. The number of rotatable bonds is 2. The van der Waals surface area contributed by atoms with Crippen LogP contribution in [0.15, 0.2) is 30.6 Å². The Balaban J connectivity index is 1.89. The number of hydrogen-bond donors (Lipinski definition) is 2. The first-order chi connectivity index (χ1) is 8.27. The van der Waals surface area contributed by atoms with E-state index in [2.05, 4.69) is 14.9 Å². The molecule has 0 bridgehead atoms. The van der Waals surface area contributed by atoms with Crippen molar-refractivity contribution in [1.29, 1.82) is 0 Å². The van der Waals surface area contributed by atoms with E-state index in [4.69, 9.17) is 0 Å². The van der Waals surface area contributed by atoms with Crippen molar-refractivity contribution in [3.05, 3.63) is 30.6 Å². The number of fused-ring (bicyclic) bond motifs is 1. The summed E-state index contributed by atoms with van der Waals surface area (Å²) >= 11 is 0. The van der Waals surface area contributed by atoms with Crippen LogP contribution in [0.25, 0.3) is 11.0 Å². The Morgan fingerprint density at radius 2 is 2.18 bits per heavy atom. The molecule has 3 heterocycles. The summed E-state index contributed by atoms with van der Waals surface area (Å²) in [5, 5.41) is 13.8. The Hall–Kier alpha value is -1.39. The van der Waals surface area contributed by atoms with Gasteiger partial charge in [-0.25, -0.2) is 0 Å². The maximum absolute atomic E-state index is 10.5. The molecule has 2 aromatic rings. The molecule has 0 atom stereocenters. The van der Waals surface area contributed by atoms with Crippen molar-refractivity contribution >= 4 is 11.0 Å². The van der Waals surface area contributed by atoms with Gasteiger partial charge in [-0.15, -0.1) is 0 Å². The average molecular weight is 231 g/mol. The predicted octanol–water partition coefficient (Wildman–Crippen LogP) is 1.15. The predicted molar refractivity (Wildman–Crippen MR) is 66.8 cm³/mol. The molecule has 4 nitrogen and oxygen atoms in total. The molecule has 0 unspecified atom stereocenters. The van der Waals surface area contributed by atoms with Crippen molar-refractivity contribution in [2.75, 3.05) is 13.1 Å². The normalized spacial score (nSPS) is 19.6. The SMILES string of the molecule is OC1(Cn2ccc3ncccc32)CCNCC1. The van der Waals surface area contributed by atoms with Crippen LogP contribution in [0.1, 0.15) is 12.8 Å². The van der Waals surface area contributed by atoms with E-state index in [1.807, 2.05) is 24.4 Å². The van der Waals surface area contributed by atoms with Gasteiger partial charge in [0.05, 0.1) is 23.2 Å². The van der Waals surface area contributed by atoms with E-state index in [1.54, 1.807) is 6.20 Å². The van der Waals surface area contributed by atoms with Crippen LogP contribution in [0.2, 0.25) is 0 Å². The van der Waals surface area contributed by atoms with Crippen molar-refractivity contribution in [2.45, 2.75) is 25.0 Å². The van der Waals surface area contributed by atoms with Gasteiger partial charge >= 0.3 is 0 Å². The van der Waals surface area contributed by atoms with E-state index in [1.165, 1.54) is 0 Å². The first-order valence-electron chi connectivity index (χ1n) is 6.10. The highest BCUT2D eigenvalue weighted by Gasteiger charge is 2.29. The highest BCUT2D eigenvalue weighted by atomic mass is 16.3. The molecular formula is C13H17N3O. The Morgan fingerprint density at radius 3 is 3.00 bits per heavy atom. The highest BCUT2D eigenvalue weighted by Crippen LogP contribution is 2.23. The summed E-state index contributed by atoms with van der Waals surface area (Å²) in [5.74, 6) is 0. The van der Waals surface area contributed by atoms with E-state index in [0.717, 1.165) is 37.0 Å². The van der Waals surface area contributed by atoms with Crippen LogP contribution in [0.4, 0.5) is 0 Å². The van der Waals surface area contributed by atoms with Crippen molar-refractivity contribution in [3.63, 3.8) is 0 Å². The van der Waals surface area contributed by atoms with Gasteiger partial charge in [-0.05, 0) is 44.1 Å². The van der Waals surface area contributed by atoms with Crippen molar-refractivity contribution in [2.24, 2.45) is 0 Å². The molecule has 90 valence electrons. The minimum absolute atomic E-state index is 0.576. The van der Waals surface area contributed by atoms with Crippen LogP contribution in [0.3, 0.4) is 0 Å². The van der Waals surface area contributed by atoms with Gasteiger partial charge in [-0.2, -0.15) is 0 Å². The molecule has 0 aliphatic carbocycles. The van der Waals surface area contributed by atoms with E-state index in [0.29, 0.717) is 6.54 Å². The van der Waals surface area contributed by atoms with Gasteiger partial charge in [-0.3, -0.25) is 4.98 Å². The number of nitrogens with zero attached hydrogens (tertiary/aromatic N) is 2. The molecule has 2 N–H and O–H groups in total. The zero-order valence-electron chi connectivity index (χ0n) is 9.76. The van der Waals surface area contributed by atoms with E-state index in [-0.39, 0.29) is 0 Å². The maximum atomic E-state index is 10.5. The molecule has 17 heavy (non-hydrogen) atoms. The average Bonchev–Trinajstić information content (AvgIpc) is 2.73. The third kappa shape index (κ3) is 2.06. The first-order valence-corrected chi connectivity index (χ1v) is 6.10. The van der Waals surface area contributed by atoms with Crippen LogP contribution < -0.4 is 5.32 Å². The molecule has 2 aromatic heterocycles. The summed E-state index contributed by atoms with van der Waals surface area (Å²) in [7, 11) is 0. The van der Waals surface area contributed by atoms with Crippen molar-refractivity contribution in [3.8, 4) is 0 Å². The second-order valence-corrected chi connectivity index (χ2v) is 4.83. The molecule has 0 aromatic carbocycles. The lowest BCUT2D eigenvalue weighted by molar-refractivity contribution is -0.00432. The molecule has 4 heteroatoms. The summed E-state index contributed by atoms with van der Waals surface area (Å²) in [6.07, 6.45) is 5.43. The molecule has 1 fully saturated rings. The van der Waals surface area contributed by atoms with Gasteiger partial charge in [0.1, 0.15) is 0 Å². The summed E-state index contributed by atoms with van der Waals surface area (Å²) in [4.78, 5) is 4.30. The van der Waals surface area contributed by atoms with Crippen LogP contribution >= 0.6 is 0 Å². The third-order valence-corrected chi connectivity index (χ3v) is 3.54. The minimum atomic E-state index is -0.576. The van der Waals surface area contributed by atoms with Gasteiger partial charge in [-0.1, -0.05) is 0 Å². The monoisotopic (exact) mass is 231 g/mol. The number of nitrogens with one attached hydrogen (secondary N) is 1. The van der Waals surface area contributed by atoms with Gasteiger partial charge < -0.3 is 15.0 Å². The summed E-state index contributed by atoms with van der Waals surface area (Å²) < 4.78 is 2.10. The van der Waals surface area contributed by atoms with Crippen LogP contribution in [0, 0.1) is 0 Å². The molecule has 3 rings (SSSR count). The molecule has 0 saturated carbocycles. The number of aromatic nitrogens is 2. The quantitative estimate of drug-likeness (QED) is 0.815.